The van der Waals surface area contributed by atoms with Gasteiger partial charge in [0.1, 0.15) is 17.4 Å². The molecule has 0 fully saturated rings. The van der Waals surface area contributed by atoms with Crippen molar-refractivity contribution in [2.24, 2.45) is 11.8 Å². The molecule has 200 valence electrons. The minimum absolute atomic E-state index is 0.0201. The first-order chi connectivity index (χ1) is 17.5. The van der Waals surface area contributed by atoms with Gasteiger partial charge in [0.25, 0.3) is 5.91 Å². The lowest BCUT2D eigenvalue weighted by Gasteiger charge is -2.37. The van der Waals surface area contributed by atoms with Crippen molar-refractivity contribution < 1.29 is 27.8 Å². The summed E-state index contributed by atoms with van der Waals surface area (Å²) in [5, 5.41) is 9.83. The first-order valence-electron chi connectivity index (χ1n) is 12.2. The monoisotopic (exact) mass is 529 g/mol. The van der Waals surface area contributed by atoms with Crippen molar-refractivity contribution >= 4 is 15.9 Å². The zero-order valence-electron chi connectivity index (χ0n) is 22.1. The maximum atomic E-state index is 13.5. The Hall–Kier alpha value is -3.13. The maximum absolute atomic E-state index is 13.5. The van der Waals surface area contributed by atoms with Gasteiger partial charge in [-0.1, -0.05) is 38.7 Å². The number of hydrogen-bond acceptors (Lipinski definition) is 7. The van der Waals surface area contributed by atoms with E-state index in [2.05, 4.69) is 16.8 Å². The highest BCUT2D eigenvalue weighted by Gasteiger charge is 2.36. The molecule has 37 heavy (non-hydrogen) atoms. The molecule has 0 saturated carbocycles. The number of amides is 1. The number of hydrogen-bond donors (Lipinski definition) is 1. The van der Waals surface area contributed by atoms with E-state index < -0.39 is 22.2 Å². The molecule has 9 nitrogen and oxygen atoms in total. The number of carbonyl (C=O) groups excluding carboxylic acids is 1. The molecular formula is C27H35N3O6S. The van der Waals surface area contributed by atoms with Gasteiger partial charge in [-0.2, -0.15) is 4.31 Å². The van der Waals surface area contributed by atoms with Crippen molar-refractivity contribution in [3.63, 3.8) is 0 Å². The molecule has 3 rings (SSSR count). The predicted octanol–water partition coefficient (Wildman–Crippen LogP) is 2.64. The standard InChI is InChI=1S/C27H35N3O6S/c1-18(2)10-11-21-12-24-26(28-14-21)36-25(19(3)15-30(27(24)32)20(4)17-31)16-29(5)37(33,34)23-9-7-8-22(13-23)35-6/h7-9,12-14,18-20,25,31H,15-17H2,1-6H3/t19-,20-,25+/m0/s1. The molecule has 3 atom stereocenters. The summed E-state index contributed by atoms with van der Waals surface area (Å²) in [4.78, 5) is 19.6. The largest absolute Gasteiger partial charge is 0.497 e. The molecule has 1 aliphatic rings. The molecule has 0 saturated heterocycles. The summed E-state index contributed by atoms with van der Waals surface area (Å²) >= 11 is 0. The van der Waals surface area contributed by atoms with Crippen LogP contribution in [-0.2, 0) is 10.0 Å². The third kappa shape index (κ3) is 6.60. The highest BCUT2D eigenvalue weighted by molar-refractivity contribution is 7.89. The molecule has 1 aromatic heterocycles. The van der Waals surface area contributed by atoms with Crippen molar-refractivity contribution in [2.45, 2.75) is 44.7 Å². The van der Waals surface area contributed by atoms with Gasteiger partial charge >= 0.3 is 0 Å². The summed E-state index contributed by atoms with van der Waals surface area (Å²) in [6.07, 6.45) is 0.923. The van der Waals surface area contributed by atoms with Crippen LogP contribution in [0.15, 0.2) is 41.4 Å². The molecular weight excluding hydrogens is 494 g/mol. The second-order valence-corrected chi connectivity index (χ2v) is 11.6. The number of sulfonamides is 1. The number of methoxy groups -OCH3 is 1. The van der Waals surface area contributed by atoms with Crippen LogP contribution in [0.5, 0.6) is 11.6 Å². The fourth-order valence-corrected chi connectivity index (χ4v) is 5.13. The lowest BCUT2D eigenvalue weighted by atomic mass is 10.00. The molecule has 1 amide bonds. The Morgan fingerprint density at radius 3 is 2.68 bits per heavy atom. The highest BCUT2D eigenvalue weighted by atomic mass is 32.2. The zero-order chi connectivity index (χ0) is 27.3. The van der Waals surface area contributed by atoms with Gasteiger partial charge in [-0.3, -0.25) is 4.79 Å². The van der Waals surface area contributed by atoms with Gasteiger partial charge in [-0.15, -0.1) is 0 Å². The first kappa shape index (κ1) is 28.4. The highest BCUT2D eigenvalue weighted by Crippen LogP contribution is 2.28. The second kappa shape index (κ2) is 11.9. The summed E-state index contributed by atoms with van der Waals surface area (Å²) < 4.78 is 39.2. The van der Waals surface area contributed by atoms with E-state index in [1.807, 2.05) is 20.8 Å². The van der Waals surface area contributed by atoms with Gasteiger partial charge in [0.05, 0.1) is 31.2 Å². The number of aromatic nitrogens is 1. The minimum Gasteiger partial charge on any atom is -0.497 e. The fourth-order valence-electron chi connectivity index (χ4n) is 3.91. The molecule has 10 heteroatoms. The minimum atomic E-state index is -3.85. The van der Waals surface area contributed by atoms with Crippen molar-refractivity contribution in [2.75, 3.05) is 33.9 Å². The second-order valence-electron chi connectivity index (χ2n) is 9.59. The molecule has 0 bridgehead atoms. The van der Waals surface area contributed by atoms with Gasteiger partial charge < -0.3 is 19.5 Å². The average molecular weight is 530 g/mol. The number of benzene rings is 1. The number of ether oxygens (including phenoxy) is 2. The number of pyridine rings is 1. The van der Waals surface area contributed by atoms with E-state index in [0.29, 0.717) is 11.3 Å². The number of aliphatic hydroxyl groups excluding tert-OH is 1. The molecule has 0 spiro atoms. The normalized spacial score (nSPS) is 18.8. The fraction of sp³-hybridized carbons (Fsp3) is 0.481. The van der Waals surface area contributed by atoms with Gasteiger partial charge in [0, 0.05) is 43.3 Å². The van der Waals surface area contributed by atoms with E-state index in [0.717, 1.165) is 0 Å². The third-order valence-electron chi connectivity index (χ3n) is 6.21. The van der Waals surface area contributed by atoms with Gasteiger partial charge in [-0.05, 0) is 25.1 Å². The molecule has 1 aliphatic heterocycles. The van der Waals surface area contributed by atoms with Crippen LogP contribution in [0.3, 0.4) is 0 Å². The zero-order valence-corrected chi connectivity index (χ0v) is 22.9. The predicted molar refractivity (Wildman–Crippen MR) is 140 cm³/mol. The van der Waals surface area contributed by atoms with Crippen LogP contribution in [0.1, 0.15) is 43.6 Å². The van der Waals surface area contributed by atoms with E-state index in [1.165, 1.54) is 30.6 Å². The van der Waals surface area contributed by atoms with Crippen LogP contribution in [0.4, 0.5) is 0 Å². The molecule has 0 aliphatic carbocycles. The van der Waals surface area contributed by atoms with Gasteiger partial charge in [0.2, 0.25) is 15.9 Å². The van der Waals surface area contributed by atoms with E-state index in [4.69, 9.17) is 9.47 Å². The van der Waals surface area contributed by atoms with Crippen LogP contribution in [-0.4, -0.2) is 79.6 Å². The average Bonchev–Trinajstić information content (AvgIpc) is 2.88. The summed E-state index contributed by atoms with van der Waals surface area (Å²) in [5.41, 5.74) is 0.801. The summed E-state index contributed by atoms with van der Waals surface area (Å²) in [6.45, 7) is 7.64. The number of aliphatic hydroxyl groups is 1. The molecule has 1 aromatic carbocycles. The lowest BCUT2D eigenvalue weighted by molar-refractivity contribution is 0.0373. The summed E-state index contributed by atoms with van der Waals surface area (Å²) in [6, 6.07) is 7.46. The van der Waals surface area contributed by atoms with Crippen LogP contribution in [0.25, 0.3) is 0 Å². The Bertz CT molecular complexity index is 1280. The lowest BCUT2D eigenvalue weighted by Crippen LogP contribution is -2.50. The van der Waals surface area contributed by atoms with Gasteiger partial charge in [0.15, 0.2) is 0 Å². The molecule has 2 heterocycles. The number of likely N-dealkylation sites (N-methyl/N-ethyl adjacent to an activating group) is 1. The Morgan fingerprint density at radius 2 is 2.03 bits per heavy atom. The van der Waals surface area contributed by atoms with Crippen LogP contribution >= 0.6 is 0 Å². The molecule has 0 unspecified atom stereocenters. The van der Waals surface area contributed by atoms with E-state index in [-0.39, 0.29) is 53.8 Å². The summed E-state index contributed by atoms with van der Waals surface area (Å²) in [5.74, 6) is 6.19. The third-order valence-corrected chi connectivity index (χ3v) is 8.03. The van der Waals surface area contributed by atoms with E-state index >= 15 is 0 Å². The number of nitrogens with zero attached hydrogens (tertiary/aromatic N) is 3. The SMILES string of the molecule is COc1cccc(S(=O)(=O)N(C)C[C@H]2Oc3ncc(C#CC(C)C)cc3C(=O)N([C@@H](C)CO)C[C@@H]2C)c1. The first-order valence-corrected chi connectivity index (χ1v) is 13.6. The van der Waals surface area contributed by atoms with Crippen molar-refractivity contribution in [3.05, 3.63) is 47.7 Å². The van der Waals surface area contributed by atoms with Crippen LogP contribution < -0.4 is 9.47 Å². The Labute approximate surface area is 219 Å². The Morgan fingerprint density at radius 1 is 1.30 bits per heavy atom. The van der Waals surface area contributed by atoms with E-state index in [9.17, 15) is 18.3 Å². The maximum Gasteiger partial charge on any atom is 0.259 e. The Kier molecular flexibility index (Phi) is 9.18. The topological polar surface area (TPSA) is 109 Å². The smallest absolute Gasteiger partial charge is 0.259 e. The van der Waals surface area contributed by atoms with Crippen molar-refractivity contribution in [3.8, 4) is 23.5 Å². The molecule has 1 N–H and O–H groups in total. The molecule has 0 radical (unpaired) electrons. The number of rotatable bonds is 7. The van der Waals surface area contributed by atoms with Gasteiger partial charge in [-0.25, -0.2) is 13.4 Å². The molecule has 2 aromatic rings. The van der Waals surface area contributed by atoms with E-state index in [1.54, 1.807) is 36.2 Å². The van der Waals surface area contributed by atoms with Crippen LogP contribution in [0, 0.1) is 23.7 Å². The quantitative estimate of drug-likeness (QED) is 0.549. The summed E-state index contributed by atoms with van der Waals surface area (Å²) in [7, 11) is -0.882. The van der Waals surface area contributed by atoms with Crippen molar-refractivity contribution in [1.82, 2.24) is 14.2 Å². The number of fused-ring (bicyclic) bond motifs is 1. The number of carbonyl (C=O) groups is 1. The van der Waals surface area contributed by atoms with Crippen LogP contribution in [0.2, 0.25) is 0 Å². The van der Waals surface area contributed by atoms with Crippen molar-refractivity contribution in [1.29, 1.82) is 0 Å². The Balaban J connectivity index is 1.98.